The van der Waals surface area contributed by atoms with Gasteiger partial charge in [-0.05, 0) is 32.4 Å². The second-order valence-corrected chi connectivity index (χ2v) is 4.08. The molecule has 0 radical (unpaired) electrons. The van der Waals surface area contributed by atoms with Crippen LogP contribution in [0.25, 0.3) is 11.5 Å². The molecule has 0 fully saturated rings. The molecular formula is C14H15NO3. The summed E-state index contributed by atoms with van der Waals surface area (Å²) < 4.78 is 10.2. The van der Waals surface area contributed by atoms with Gasteiger partial charge in [-0.1, -0.05) is 17.7 Å². The molecule has 0 saturated carbocycles. The van der Waals surface area contributed by atoms with Crippen molar-refractivity contribution in [3.8, 4) is 11.5 Å². The van der Waals surface area contributed by atoms with E-state index in [2.05, 4.69) is 4.98 Å². The molecule has 2 aromatic rings. The van der Waals surface area contributed by atoms with Gasteiger partial charge in [0, 0.05) is 5.56 Å². The van der Waals surface area contributed by atoms with E-state index in [1.807, 2.05) is 32.0 Å². The van der Waals surface area contributed by atoms with Crippen LogP contribution in [0.2, 0.25) is 0 Å². The highest BCUT2D eigenvalue weighted by Crippen LogP contribution is 2.24. The normalized spacial score (nSPS) is 10.4. The Morgan fingerprint density at radius 2 is 2.17 bits per heavy atom. The highest BCUT2D eigenvalue weighted by atomic mass is 16.5. The first-order valence-electron chi connectivity index (χ1n) is 5.82. The largest absolute Gasteiger partial charge is 0.461 e. The third kappa shape index (κ3) is 2.42. The maximum atomic E-state index is 11.5. The van der Waals surface area contributed by atoms with Crippen molar-refractivity contribution < 1.29 is 13.9 Å². The van der Waals surface area contributed by atoms with Gasteiger partial charge < -0.3 is 9.15 Å². The fraction of sp³-hybridized carbons (Fsp3) is 0.286. The Labute approximate surface area is 106 Å². The van der Waals surface area contributed by atoms with Crippen molar-refractivity contribution in [3.05, 3.63) is 41.3 Å². The summed E-state index contributed by atoms with van der Waals surface area (Å²) in [4.78, 5) is 15.7. The lowest BCUT2D eigenvalue weighted by Gasteiger charge is -2.02. The second kappa shape index (κ2) is 5.04. The summed E-state index contributed by atoms with van der Waals surface area (Å²) in [6.45, 7) is 6.05. The van der Waals surface area contributed by atoms with E-state index in [9.17, 15) is 4.79 Å². The first-order chi connectivity index (χ1) is 8.61. The maximum Gasteiger partial charge on any atom is 0.360 e. The van der Waals surface area contributed by atoms with Crippen LogP contribution in [0.4, 0.5) is 0 Å². The molecule has 1 aromatic carbocycles. The molecule has 0 atom stereocenters. The molecule has 94 valence electrons. The SMILES string of the molecule is CCOC(=O)c1coc(-c2cc(C)ccc2C)n1. The number of aryl methyl sites for hydroxylation is 2. The number of hydrogen-bond donors (Lipinski definition) is 0. The lowest BCUT2D eigenvalue weighted by atomic mass is 10.1. The van der Waals surface area contributed by atoms with Crippen molar-refractivity contribution in [1.29, 1.82) is 0 Å². The summed E-state index contributed by atoms with van der Waals surface area (Å²) in [5.74, 6) is -0.0166. The fourth-order valence-corrected chi connectivity index (χ4v) is 1.66. The predicted octanol–water partition coefficient (Wildman–Crippen LogP) is 3.14. The minimum atomic E-state index is -0.460. The molecule has 0 bridgehead atoms. The third-order valence-electron chi connectivity index (χ3n) is 2.61. The summed E-state index contributed by atoms with van der Waals surface area (Å²) in [7, 11) is 0. The average Bonchev–Trinajstić information content (AvgIpc) is 2.82. The Hall–Kier alpha value is -2.10. The van der Waals surface area contributed by atoms with Gasteiger partial charge in [-0.3, -0.25) is 0 Å². The van der Waals surface area contributed by atoms with Crippen LogP contribution in [0.5, 0.6) is 0 Å². The molecule has 0 saturated heterocycles. The molecule has 0 aliphatic rings. The van der Waals surface area contributed by atoms with Crippen molar-refractivity contribution >= 4 is 5.97 Å². The number of benzene rings is 1. The van der Waals surface area contributed by atoms with Gasteiger partial charge in [-0.2, -0.15) is 0 Å². The van der Waals surface area contributed by atoms with E-state index in [-0.39, 0.29) is 5.69 Å². The van der Waals surface area contributed by atoms with E-state index in [1.54, 1.807) is 6.92 Å². The first-order valence-corrected chi connectivity index (χ1v) is 5.82. The number of rotatable bonds is 3. The molecular weight excluding hydrogens is 230 g/mol. The smallest absolute Gasteiger partial charge is 0.360 e. The quantitative estimate of drug-likeness (QED) is 0.779. The zero-order valence-corrected chi connectivity index (χ0v) is 10.7. The topological polar surface area (TPSA) is 52.3 Å². The van der Waals surface area contributed by atoms with E-state index in [0.29, 0.717) is 12.5 Å². The molecule has 18 heavy (non-hydrogen) atoms. The van der Waals surface area contributed by atoms with Gasteiger partial charge in [0.05, 0.1) is 6.61 Å². The molecule has 4 heteroatoms. The number of hydrogen-bond acceptors (Lipinski definition) is 4. The lowest BCUT2D eigenvalue weighted by molar-refractivity contribution is 0.0519. The van der Waals surface area contributed by atoms with Gasteiger partial charge >= 0.3 is 5.97 Å². The van der Waals surface area contributed by atoms with Crippen molar-refractivity contribution in [2.75, 3.05) is 6.61 Å². The number of ether oxygens (including phenoxy) is 1. The Morgan fingerprint density at radius 3 is 2.89 bits per heavy atom. The standard InChI is InChI=1S/C14H15NO3/c1-4-17-14(16)12-8-18-13(15-12)11-7-9(2)5-6-10(11)3/h5-8H,4H2,1-3H3. The van der Waals surface area contributed by atoms with Gasteiger partial charge in [-0.25, -0.2) is 9.78 Å². The molecule has 2 rings (SSSR count). The molecule has 0 N–H and O–H groups in total. The number of carbonyl (C=O) groups excluding carboxylic acids is 1. The van der Waals surface area contributed by atoms with E-state index >= 15 is 0 Å². The van der Waals surface area contributed by atoms with Gasteiger partial charge in [0.1, 0.15) is 6.26 Å². The number of oxazole rings is 1. The zero-order valence-electron chi connectivity index (χ0n) is 10.7. The van der Waals surface area contributed by atoms with Crippen LogP contribution in [0, 0.1) is 13.8 Å². The highest BCUT2D eigenvalue weighted by molar-refractivity contribution is 5.87. The summed E-state index contributed by atoms with van der Waals surface area (Å²) in [6.07, 6.45) is 1.33. The van der Waals surface area contributed by atoms with E-state index < -0.39 is 5.97 Å². The zero-order chi connectivity index (χ0) is 13.1. The molecule has 0 spiro atoms. The van der Waals surface area contributed by atoms with Crippen LogP contribution in [-0.4, -0.2) is 17.6 Å². The molecule has 0 unspecified atom stereocenters. The van der Waals surface area contributed by atoms with Gasteiger partial charge in [-0.15, -0.1) is 0 Å². The van der Waals surface area contributed by atoms with Crippen LogP contribution >= 0.6 is 0 Å². The minimum absolute atomic E-state index is 0.202. The highest BCUT2D eigenvalue weighted by Gasteiger charge is 2.15. The van der Waals surface area contributed by atoms with Crippen molar-refractivity contribution in [3.63, 3.8) is 0 Å². The van der Waals surface area contributed by atoms with E-state index in [4.69, 9.17) is 9.15 Å². The number of carbonyl (C=O) groups is 1. The van der Waals surface area contributed by atoms with Gasteiger partial charge in [0.25, 0.3) is 0 Å². The van der Waals surface area contributed by atoms with Crippen LogP contribution in [0.15, 0.2) is 28.9 Å². The van der Waals surface area contributed by atoms with Gasteiger partial charge in [0.2, 0.25) is 5.89 Å². The van der Waals surface area contributed by atoms with Crippen LogP contribution < -0.4 is 0 Å². The Kier molecular flexibility index (Phi) is 3.46. The summed E-state index contributed by atoms with van der Waals surface area (Å²) in [5, 5.41) is 0. The number of aromatic nitrogens is 1. The molecule has 4 nitrogen and oxygen atoms in total. The molecule has 0 amide bonds. The van der Waals surface area contributed by atoms with Gasteiger partial charge in [0.15, 0.2) is 5.69 Å². The summed E-state index contributed by atoms with van der Waals surface area (Å²) >= 11 is 0. The Balaban J connectivity index is 2.35. The van der Waals surface area contributed by atoms with Crippen LogP contribution in [0.1, 0.15) is 28.5 Å². The molecule has 1 aromatic heterocycles. The molecule has 1 heterocycles. The van der Waals surface area contributed by atoms with E-state index in [1.165, 1.54) is 6.26 Å². The summed E-state index contributed by atoms with van der Waals surface area (Å²) in [6, 6.07) is 6.00. The lowest BCUT2D eigenvalue weighted by Crippen LogP contribution is -2.04. The third-order valence-corrected chi connectivity index (χ3v) is 2.61. The average molecular weight is 245 g/mol. The monoisotopic (exact) mass is 245 g/mol. The first kappa shape index (κ1) is 12.4. The van der Waals surface area contributed by atoms with Crippen molar-refractivity contribution in [2.24, 2.45) is 0 Å². The maximum absolute atomic E-state index is 11.5. The van der Waals surface area contributed by atoms with E-state index in [0.717, 1.165) is 16.7 Å². The predicted molar refractivity (Wildman–Crippen MR) is 67.4 cm³/mol. The number of nitrogens with zero attached hydrogens (tertiary/aromatic N) is 1. The fourth-order valence-electron chi connectivity index (χ4n) is 1.66. The Morgan fingerprint density at radius 1 is 1.39 bits per heavy atom. The van der Waals surface area contributed by atoms with Crippen LogP contribution in [-0.2, 0) is 4.74 Å². The minimum Gasteiger partial charge on any atom is -0.461 e. The Bertz CT molecular complexity index is 572. The van der Waals surface area contributed by atoms with Crippen LogP contribution in [0.3, 0.4) is 0 Å². The number of esters is 1. The molecule has 0 aliphatic heterocycles. The van der Waals surface area contributed by atoms with Crippen molar-refractivity contribution in [2.45, 2.75) is 20.8 Å². The summed E-state index contributed by atoms with van der Waals surface area (Å²) in [5.41, 5.74) is 3.27. The van der Waals surface area contributed by atoms with Crippen molar-refractivity contribution in [1.82, 2.24) is 4.98 Å². The second-order valence-electron chi connectivity index (χ2n) is 4.08. The molecule has 0 aliphatic carbocycles.